The topological polar surface area (TPSA) is 72.5 Å². The number of carboxylic acids is 1. The van der Waals surface area contributed by atoms with Gasteiger partial charge in [-0.3, -0.25) is 0 Å². The molecule has 1 saturated carbocycles. The van der Waals surface area contributed by atoms with Crippen LogP contribution in [0.15, 0.2) is 12.1 Å². The molecule has 2 unspecified atom stereocenters. The number of carbonyl (C=O) groups is 1. The molecule has 0 bridgehead atoms. The molecule has 2 atom stereocenters. The highest BCUT2D eigenvalue weighted by molar-refractivity contribution is 6.31. The van der Waals surface area contributed by atoms with E-state index in [2.05, 4.69) is 0 Å². The van der Waals surface area contributed by atoms with Crippen LogP contribution in [0, 0.1) is 0 Å². The minimum atomic E-state index is -1.03. The largest absolute Gasteiger partial charge is 0.487 e. The monoisotopic (exact) mass is 267 g/mol. The molecule has 5 heteroatoms. The number of aromatic carboxylic acids is 1. The molecule has 1 aromatic carbocycles. The fraction of sp³-hybridized carbons (Fsp3) is 0.462. The summed E-state index contributed by atoms with van der Waals surface area (Å²) in [6.45, 7) is 0. The highest BCUT2D eigenvalue weighted by Crippen LogP contribution is 2.49. The number of rotatable bonds is 1. The van der Waals surface area contributed by atoms with Crippen molar-refractivity contribution in [2.75, 3.05) is 0 Å². The molecule has 0 spiro atoms. The van der Waals surface area contributed by atoms with E-state index in [-0.39, 0.29) is 11.7 Å². The first-order chi connectivity index (χ1) is 8.52. The van der Waals surface area contributed by atoms with E-state index >= 15 is 0 Å². The molecule has 0 saturated heterocycles. The Morgan fingerprint density at radius 1 is 1.50 bits per heavy atom. The number of halogens is 1. The summed E-state index contributed by atoms with van der Waals surface area (Å²) < 4.78 is 5.80. The van der Waals surface area contributed by atoms with E-state index in [0.29, 0.717) is 10.8 Å². The third-order valence-corrected chi connectivity index (χ3v) is 4.15. The van der Waals surface area contributed by atoms with Gasteiger partial charge in [0.1, 0.15) is 17.4 Å². The van der Waals surface area contributed by atoms with E-state index in [0.717, 1.165) is 31.2 Å². The summed E-state index contributed by atoms with van der Waals surface area (Å²) in [7, 11) is 0. The Bertz CT molecular complexity index is 531. The fourth-order valence-electron chi connectivity index (χ4n) is 3.01. The Morgan fingerprint density at radius 3 is 3.00 bits per heavy atom. The van der Waals surface area contributed by atoms with Crippen molar-refractivity contribution < 1.29 is 14.6 Å². The number of carboxylic acid groups (broad SMARTS) is 1. The highest BCUT2D eigenvalue weighted by atomic mass is 35.5. The van der Waals surface area contributed by atoms with Crippen molar-refractivity contribution >= 4 is 17.6 Å². The first-order valence-corrected chi connectivity index (χ1v) is 6.43. The second-order valence-electron chi connectivity index (χ2n) is 5.03. The van der Waals surface area contributed by atoms with Gasteiger partial charge in [-0.1, -0.05) is 18.0 Å². The van der Waals surface area contributed by atoms with E-state index < -0.39 is 11.5 Å². The Labute approximate surface area is 110 Å². The van der Waals surface area contributed by atoms with Crippen LogP contribution in [0.5, 0.6) is 5.75 Å². The van der Waals surface area contributed by atoms with Crippen molar-refractivity contribution in [1.82, 2.24) is 0 Å². The smallest absolute Gasteiger partial charge is 0.339 e. The van der Waals surface area contributed by atoms with Gasteiger partial charge in [-0.2, -0.15) is 0 Å². The van der Waals surface area contributed by atoms with E-state index in [1.165, 1.54) is 6.07 Å². The van der Waals surface area contributed by atoms with E-state index in [1.54, 1.807) is 6.07 Å². The van der Waals surface area contributed by atoms with Gasteiger partial charge in [-0.15, -0.1) is 0 Å². The van der Waals surface area contributed by atoms with Crippen molar-refractivity contribution in [2.24, 2.45) is 5.73 Å². The van der Waals surface area contributed by atoms with E-state index in [9.17, 15) is 9.90 Å². The quantitative estimate of drug-likeness (QED) is 0.820. The average Bonchev–Trinajstić information content (AvgIpc) is 2.61. The van der Waals surface area contributed by atoms with Crippen LogP contribution in [-0.2, 0) is 5.54 Å². The van der Waals surface area contributed by atoms with Gasteiger partial charge in [0.15, 0.2) is 0 Å². The van der Waals surface area contributed by atoms with Crippen molar-refractivity contribution in [1.29, 1.82) is 0 Å². The predicted octanol–water partition coefficient (Wildman–Crippen LogP) is 2.53. The minimum Gasteiger partial charge on any atom is -0.487 e. The molecule has 1 fully saturated rings. The van der Waals surface area contributed by atoms with Gasteiger partial charge in [0, 0.05) is 10.6 Å². The van der Waals surface area contributed by atoms with Gasteiger partial charge >= 0.3 is 5.97 Å². The van der Waals surface area contributed by atoms with Gasteiger partial charge in [-0.05, 0) is 31.4 Å². The molecule has 18 heavy (non-hydrogen) atoms. The lowest BCUT2D eigenvalue weighted by Crippen LogP contribution is -2.48. The molecule has 96 valence electrons. The summed E-state index contributed by atoms with van der Waals surface area (Å²) >= 11 is 5.99. The number of hydrogen-bond donors (Lipinski definition) is 2. The molecule has 1 aliphatic heterocycles. The number of hydrogen-bond acceptors (Lipinski definition) is 3. The summed E-state index contributed by atoms with van der Waals surface area (Å²) in [5, 5.41) is 9.61. The molecule has 1 aliphatic carbocycles. The van der Waals surface area contributed by atoms with Crippen LogP contribution in [0.3, 0.4) is 0 Å². The van der Waals surface area contributed by atoms with Gasteiger partial charge in [-0.25, -0.2) is 4.79 Å². The summed E-state index contributed by atoms with van der Waals surface area (Å²) in [5.74, 6) is -0.628. The molecule has 3 N–H and O–H groups in total. The predicted molar refractivity (Wildman–Crippen MR) is 67.2 cm³/mol. The zero-order valence-corrected chi connectivity index (χ0v) is 10.5. The maximum atomic E-state index is 11.2. The molecule has 0 amide bonds. The fourth-order valence-corrected chi connectivity index (χ4v) is 3.22. The Kier molecular flexibility index (Phi) is 2.54. The average molecular weight is 268 g/mol. The van der Waals surface area contributed by atoms with Crippen LogP contribution in [-0.4, -0.2) is 17.2 Å². The van der Waals surface area contributed by atoms with Gasteiger partial charge in [0.25, 0.3) is 0 Å². The Balaban J connectivity index is 2.19. The molecule has 1 heterocycles. The summed E-state index contributed by atoms with van der Waals surface area (Å²) in [6.07, 6.45) is 3.64. The summed E-state index contributed by atoms with van der Waals surface area (Å²) in [5.41, 5.74) is 6.71. The van der Waals surface area contributed by atoms with Crippen LogP contribution in [0.1, 0.15) is 41.6 Å². The standard InChI is InChI=1S/C13H14ClNO3/c14-7-5-8(12(16)17)11-9(6-7)13(15)4-2-1-3-10(13)18-11/h5-6,10H,1-4,15H2,(H,16,17). The third-order valence-electron chi connectivity index (χ3n) is 3.93. The lowest BCUT2D eigenvalue weighted by Gasteiger charge is -2.34. The minimum absolute atomic E-state index is 0.108. The molecular formula is C13H14ClNO3. The molecule has 3 rings (SSSR count). The number of ether oxygens (including phenoxy) is 1. The van der Waals surface area contributed by atoms with Crippen molar-refractivity contribution in [3.05, 3.63) is 28.3 Å². The van der Waals surface area contributed by atoms with E-state index in [1.807, 2.05) is 0 Å². The Morgan fingerprint density at radius 2 is 2.28 bits per heavy atom. The second kappa shape index (κ2) is 3.87. The maximum Gasteiger partial charge on any atom is 0.339 e. The molecule has 4 nitrogen and oxygen atoms in total. The van der Waals surface area contributed by atoms with Gasteiger partial charge in [0.2, 0.25) is 0 Å². The summed E-state index contributed by atoms with van der Waals surface area (Å²) in [6, 6.07) is 3.16. The third kappa shape index (κ3) is 1.52. The number of nitrogens with two attached hydrogens (primary N) is 1. The first kappa shape index (κ1) is 11.8. The van der Waals surface area contributed by atoms with Crippen molar-refractivity contribution in [2.45, 2.75) is 37.3 Å². The van der Waals surface area contributed by atoms with Crippen LogP contribution < -0.4 is 10.5 Å². The normalized spacial score (nSPS) is 29.3. The Hall–Kier alpha value is -1.26. The maximum absolute atomic E-state index is 11.2. The van der Waals surface area contributed by atoms with Gasteiger partial charge in [0.05, 0.1) is 5.54 Å². The van der Waals surface area contributed by atoms with Crippen LogP contribution in [0.25, 0.3) is 0 Å². The number of benzene rings is 1. The summed E-state index contributed by atoms with van der Waals surface area (Å²) in [4.78, 5) is 11.2. The van der Waals surface area contributed by atoms with Crippen molar-refractivity contribution in [3.63, 3.8) is 0 Å². The zero-order chi connectivity index (χ0) is 12.9. The zero-order valence-electron chi connectivity index (χ0n) is 9.78. The highest BCUT2D eigenvalue weighted by Gasteiger charge is 2.48. The lowest BCUT2D eigenvalue weighted by atomic mass is 9.76. The SMILES string of the molecule is NC12CCCCC1Oc1c(C(=O)O)cc(Cl)cc12. The van der Waals surface area contributed by atoms with E-state index in [4.69, 9.17) is 22.1 Å². The molecule has 2 aliphatic rings. The lowest BCUT2D eigenvalue weighted by molar-refractivity contribution is 0.0682. The molecule has 0 aromatic heterocycles. The van der Waals surface area contributed by atoms with Gasteiger partial charge < -0.3 is 15.6 Å². The molecule has 0 radical (unpaired) electrons. The van der Waals surface area contributed by atoms with Crippen LogP contribution in [0.4, 0.5) is 0 Å². The van der Waals surface area contributed by atoms with Crippen LogP contribution in [0.2, 0.25) is 5.02 Å². The molecular weight excluding hydrogens is 254 g/mol. The van der Waals surface area contributed by atoms with Crippen LogP contribution >= 0.6 is 11.6 Å². The number of fused-ring (bicyclic) bond motifs is 3. The van der Waals surface area contributed by atoms with Crippen molar-refractivity contribution in [3.8, 4) is 5.75 Å². The first-order valence-electron chi connectivity index (χ1n) is 6.05. The molecule has 1 aromatic rings. The second-order valence-corrected chi connectivity index (χ2v) is 5.46.